The Balaban J connectivity index is 2.07. The summed E-state index contributed by atoms with van der Waals surface area (Å²) in [4.78, 5) is 0. The van der Waals surface area contributed by atoms with E-state index in [9.17, 15) is 0 Å². The van der Waals surface area contributed by atoms with Gasteiger partial charge in [-0.15, -0.1) is 0 Å². The highest BCUT2D eigenvalue weighted by atomic mass is 79.9. The molecule has 0 saturated carbocycles. The van der Waals surface area contributed by atoms with Crippen molar-refractivity contribution < 1.29 is 4.74 Å². The van der Waals surface area contributed by atoms with Gasteiger partial charge in [0.05, 0.1) is 0 Å². The van der Waals surface area contributed by atoms with Crippen LogP contribution in [-0.2, 0) is 6.61 Å². The summed E-state index contributed by atoms with van der Waals surface area (Å²) in [6.45, 7) is 2.63. The first-order valence-electron chi connectivity index (χ1n) is 5.28. The molecule has 0 aliphatic rings. The van der Waals surface area contributed by atoms with Gasteiger partial charge in [-0.2, -0.15) is 0 Å². The van der Waals surface area contributed by atoms with Crippen molar-refractivity contribution in [2.45, 2.75) is 13.5 Å². The van der Waals surface area contributed by atoms with Gasteiger partial charge < -0.3 is 4.74 Å². The molecule has 2 aromatic carbocycles. The van der Waals surface area contributed by atoms with E-state index in [1.165, 1.54) is 0 Å². The Hall–Kier alpha value is -0.800. The predicted molar refractivity (Wildman–Crippen MR) is 77.4 cm³/mol. The minimum absolute atomic E-state index is 0.585. The summed E-state index contributed by atoms with van der Waals surface area (Å²) in [6.07, 6.45) is 0. The summed E-state index contributed by atoms with van der Waals surface area (Å²) < 4.78 is 7.94. The van der Waals surface area contributed by atoms with Crippen LogP contribution in [0.3, 0.4) is 0 Å². The Morgan fingerprint density at radius 2 is 1.76 bits per heavy atom. The smallest absolute Gasteiger partial charge is 0.122 e. The second kappa shape index (κ2) is 5.69. The van der Waals surface area contributed by atoms with Crippen LogP contribution in [0.5, 0.6) is 5.75 Å². The first kappa shape index (κ1) is 12.7. The van der Waals surface area contributed by atoms with Crippen molar-refractivity contribution in [2.75, 3.05) is 0 Å². The zero-order chi connectivity index (χ0) is 12.3. The number of ether oxygens (including phenoxy) is 1. The molecule has 0 aromatic heterocycles. The van der Waals surface area contributed by atoms with Crippen LogP contribution < -0.4 is 4.74 Å². The number of hydrogen-bond donors (Lipinski definition) is 0. The number of halogens is 2. The fourth-order valence-electron chi connectivity index (χ4n) is 1.56. The van der Waals surface area contributed by atoms with Crippen LogP contribution in [-0.4, -0.2) is 0 Å². The van der Waals surface area contributed by atoms with E-state index in [0.29, 0.717) is 6.61 Å². The van der Waals surface area contributed by atoms with E-state index in [0.717, 1.165) is 25.8 Å². The molecule has 0 saturated heterocycles. The standard InChI is InChI=1S/C14H12Br2O/c1-10-7-13(16)5-6-14(10)17-9-11-3-2-4-12(15)8-11/h2-8H,9H2,1H3. The minimum atomic E-state index is 0.585. The van der Waals surface area contributed by atoms with Crippen molar-refractivity contribution >= 4 is 31.9 Å². The average Bonchev–Trinajstić information content (AvgIpc) is 2.28. The molecule has 0 heterocycles. The van der Waals surface area contributed by atoms with Crippen LogP contribution in [0.15, 0.2) is 51.4 Å². The van der Waals surface area contributed by atoms with Gasteiger partial charge in [-0.05, 0) is 48.4 Å². The van der Waals surface area contributed by atoms with Crippen LogP contribution in [0.25, 0.3) is 0 Å². The Morgan fingerprint density at radius 3 is 2.47 bits per heavy atom. The van der Waals surface area contributed by atoms with Gasteiger partial charge in [0.2, 0.25) is 0 Å². The predicted octanol–water partition coefficient (Wildman–Crippen LogP) is 5.10. The van der Waals surface area contributed by atoms with E-state index in [1.54, 1.807) is 0 Å². The molecule has 3 heteroatoms. The van der Waals surface area contributed by atoms with Crippen LogP contribution in [0.2, 0.25) is 0 Å². The Kier molecular flexibility index (Phi) is 4.24. The van der Waals surface area contributed by atoms with Crippen molar-refractivity contribution in [1.82, 2.24) is 0 Å². The summed E-state index contributed by atoms with van der Waals surface area (Å²) in [5, 5.41) is 0. The largest absolute Gasteiger partial charge is 0.489 e. The van der Waals surface area contributed by atoms with Crippen molar-refractivity contribution in [3.8, 4) is 5.75 Å². The van der Waals surface area contributed by atoms with Gasteiger partial charge in [0.25, 0.3) is 0 Å². The molecule has 0 N–H and O–H groups in total. The maximum atomic E-state index is 5.79. The Bertz CT molecular complexity index is 523. The highest BCUT2D eigenvalue weighted by molar-refractivity contribution is 9.10. The van der Waals surface area contributed by atoms with E-state index >= 15 is 0 Å². The molecular formula is C14H12Br2O. The first-order valence-corrected chi connectivity index (χ1v) is 6.87. The third kappa shape index (κ3) is 3.58. The monoisotopic (exact) mass is 354 g/mol. The fourth-order valence-corrected chi connectivity index (χ4v) is 2.48. The molecule has 1 nitrogen and oxygen atoms in total. The van der Waals surface area contributed by atoms with Crippen molar-refractivity contribution in [1.29, 1.82) is 0 Å². The van der Waals surface area contributed by atoms with E-state index in [1.807, 2.05) is 31.2 Å². The summed E-state index contributed by atoms with van der Waals surface area (Å²) in [7, 11) is 0. The number of benzene rings is 2. The minimum Gasteiger partial charge on any atom is -0.489 e. The van der Waals surface area contributed by atoms with Gasteiger partial charge in [0, 0.05) is 8.95 Å². The van der Waals surface area contributed by atoms with Crippen LogP contribution in [0, 0.1) is 6.92 Å². The molecule has 88 valence electrons. The van der Waals surface area contributed by atoms with Crippen LogP contribution in [0.1, 0.15) is 11.1 Å². The van der Waals surface area contributed by atoms with Crippen LogP contribution in [0.4, 0.5) is 0 Å². The zero-order valence-electron chi connectivity index (χ0n) is 9.41. The molecule has 0 fully saturated rings. The normalized spacial score (nSPS) is 10.3. The molecule has 0 aliphatic carbocycles. The van der Waals surface area contributed by atoms with Gasteiger partial charge >= 0.3 is 0 Å². The maximum Gasteiger partial charge on any atom is 0.122 e. The molecule has 0 unspecified atom stereocenters. The summed E-state index contributed by atoms with van der Waals surface area (Å²) in [5.41, 5.74) is 2.29. The summed E-state index contributed by atoms with van der Waals surface area (Å²) in [6, 6.07) is 14.2. The summed E-state index contributed by atoms with van der Waals surface area (Å²) >= 11 is 6.89. The van der Waals surface area contributed by atoms with Gasteiger partial charge in [-0.3, -0.25) is 0 Å². The van der Waals surface area contributed by atoms with Crippen LogP contribution >= 0.6 is 31.9 Å². The van der Waals surface area contributed by atoms with E-state index in [-0.39, 0.29) is 0 Å². The number of rotatable bonds is 3. The number of aryl methyl sites for hydroxylation is 1. The third-order valence-corrected chi connectivity index (χ3v) is 3.41. The zero-order valence-corrected chi connectivity index (χ0v) is 12.6. The first-order chi connectivity index (χ1) is 8.15. The number of hydrogen-bond acceptors (Lipinski definition) is 1. The van der Waals surface area contributed by atoms with Gasteiger partial charge in [0.1, 0.15) is 12.4 Å². The third-order valence-electron chi connectivity index (χ3n) is 2.42. The lowest BCUT2D eigenvalue weighted by atomic mass is 10.2. The molecular weight excluding hydrogens is 344 g/mol. The second-order valence-electron chi connectivity index (χ2n) is 3.83. The lowest BCUT2D eigenvalue weighted by Crippen LogP contribution is -1.96. The van der Waals surface area contributed by atoms with Crippen molar-refractivity contribution in [2.24, 2.45) is 0 Å². The lowest BCUT2D eigenvalue weighted by Gasteiger charge is -2.09. The second-order valence-corrected chi connectivity index (χ2v) is 5.66. The van der Waals surface area contributed by atoms with Gasteiger partial charge in [-0.1, -0.05) is 44.0 Å². The molecule has 0 spiro atoms. The van der Waals surface area contributed by atoms with Crippen molar-refractivity contribution in [3.63, 3.8) is 0 Å². The van der Waals surface area contributed by atoms with E-state index in [2.05, 4.69) is 50.1 Å². The van der Waals surface area contributed by atoms with E-state index < -0.39 is 0 Å². The Morgan fingerprint density at radius 1 is 1.00 bits per heavy atom. The molecule has 0 aliphatic heterocycles. The molecule has 17 heavy (non-hydrogen) atoms. The molecule has 2 aromatic rings. The van der Waals surface area contributed by atoms with Gasteiger partial charge in [-0.25, -0.2) is 0 Å². The lowest BCUT2D eigenvalue weighted by molar-refractivity contribution is 0.304. The highest BCUT2D eigenvalue weighted by Crippen LogP contribution is 2.23. The van der Waals surface area contributed by atoms with E-state index in [4.69, 9.17) is 4.74 Å². The molecule has 0 bridgehead atoms. The van der Waals surface area contributed by atoms with Gasteiger partial charge in [0.15, 0.2) is 0 Å². The van der Waals surface area contributed by atoms with Crippen molar-refractivity contribution in [3.05, 3.63) is 62.5 Å². The average molecular weight is 356 g/mol. The topological polar surface area (TPSA) is 9.23 Å². The highest BCUT2D eigenvalue weighted by Gasteiger charge is 2.01. The Labute approximate surface area is 118 Å². The molecule has 0 radical (unpaired) electrons. The molecule has 0 atom stereocenters. The fraction of sp³-hybridized carbons (Fsp3) is 0.143. The quantitative estimate of drug-likeness (QED) is 0.744. The molecule has 2 rings (SSSR count). The SMILES string of the molecule is Cc1cc(Br)ccc1OCc1cccc(Br)c1. The molecule has 0 amide bonds. The summed E-state index contributed by atoms with van der Waals surface area (Å²) in [5.74, 6) is 0.924. The maximum absolute atomic E-state index is 5.79.